The van der Waals surface area contributed by atoms with Crippen LogP contribution in [-0.4, -0.2) is 44.8 Å². The number of aliphatic carboxylic acids is 1. The fourth-order valence-corrected chi connectivity index (χ4v) is 1.88. The Bertz CT molecular complexity index is 553. The zero-order valence-corrected chi connectivity index (χ0v) is 12.4. The summed E-state index contributed by atoms with van der Waals surface area (Å²) < 4.78 is 1.25. The van der Waals surface area contributed by atoms with Gasteiger partial charge in [-0.2, -0.15) is 5.10 Å². The molecule has 0 saturated heterocycles. The summed E-state index contributed by atoms with van der Waals surface area (Å²) in [7, 11) is 0. The van der Waals surface area contributed by atoms with E-state index in [-0.39, 0.29) is 17.8 Å². The van der Waals surface area contributed by atoms with Crippen LogP contribution in [0.4, 0.5) is 0 Å². The molecule has 0 aliphatic rings. The molecule has 1 rings (SSSR count). The van der Waals surface area contributed by atoms with Gasteiger partial charge in [0.25, 0.3) is 11.5 Å². The first-order chi connectivity index (χ1) is 9.99. The summed E-state index contributed by atoms with van der Waals surface area (Å²) in [5.41, 5.74) is -0.166. The summed E-state index contributed by atoms with van der Waals surface area (Å²) in [4.78, 5) is 36.0. The highest BCUT2D eigenvalue weighted by Gasteiger charge is 2.19. The van der Waals surface area contributed by atoms with Crippen LogP contribution in [0.5, 0.6) is 0 Å². The van der Waals surface area contributed by atoms with Crippen LogP contribution in [-0.2, 0) is 11.3 Å². The van der Waals surface area contributed by atoms with Crippen LogP contribution in [0, 0.1) is 0 Å². The van der Waals surface area contributed by atoms with Gasteiger partial charge in [-0.1, -0.05) is 20.3 Å². The summed E-state index contributed by atoms with van der Waals surface area (Å²) in [6.45, 7) is 4.26. The van der Waals surface area contributed by atoms with E-state index in [1.54, 1.807) is 0 Å². The first-order valence-electron chi connectivity index (χ1n) is 7.08. The summed E-state index contributed by atoms with van der Waals surface area (Å²) in [5, 5.41) is 12.9. The predicted molar refractivity (Wildman–Crippen MR) is 77.2 cm³/mol. The number of carboxylic acids is 1. The number of hydrogen-bond acceptors (Lipinski definition) is 4. The van der Waals surface area contributed by atoms with Crippen LogP contribution < -0.4 is 5.56 Å². The van der Waals surface area contributed by atoms with Crippen molar-refractivity contribution in [3.8, 4) is 0 Å². The summed E-state index contributed by atoms with van der Waals surface area (Å²) in [5.74, 6) is -1.54. The molecule has 0 fully saturated rings. The van der Waals surface area contributed by atoms with Crippen molar-refractivity contribution in [2.75, 3.05) is 13.1 Å². The lowest BCUT2D eigenvalue weighted by atomic mass is 10.3. The fourth-order valence-electron chi connectivity index (χ4n) is 1.88. The number of rotatable bonds is 8. The van der Waals surface area contributed by atoms with Crippen LogP contribution in [0.1, 0.15) is 43.6 Å². The van der Waals surface area contributed by atoms with Crippen molar-refractivity contribution in [3.63, 3.8) is 0 Å². The van der Waals surface area contributed by atoms with Gasteiger partial charge >= 0.3 is 5.97 Å². The molecule has 0 aliphatic heterocycles. The highest BCUT2D eigenvalue weighted by molar-refractivity contribution is 5.93. The van der Waals surface area contributed by atoms with Crippen molar-refractivity contribution >= 4 is 11.9 Å². The Morgan fingerprint density at radius 2 is 2.00 bits per heavy atom. The molecule has 1 amide bonds. The van der Waals surface area contributed by atoms with Gasteiger partial charge in [0.05, 0.1) is 0 Å². The Morgan fingerprint density at radius 1 is 1.29 bits per heavy atom. The van der Waals surface area contributed by atoms with Gasteiger partial charge in [-0.05, 0) is 18.9 Å². The second-order valence-corrected chi connectivity index (χ2v) is 4.75. The third kappa shape index (κ3) is 5.02. The van der Waals surface area contributed by atoms with E-state index in [9.17, 15) is 14.4 Å². The lowest BCUT2D eigenvalue weighted by Crippen LogP contribution is -2.38. The van der Waals surface area contributed by atoms with E-state index in [4.69, 9.17) is 5.11 Å². The second-order valence-electron chi connectivity index (χ2n) is 4.75. The number of aromatic nitrogens is 2. The maximum atomic E-state index is 12.3. The van der Waals surface area contributed by atoms with Gasteiger partial charge in [0, 0.05) is 19.2 Å². The van der Waals surface area contributed by atoms with E-state index < -0.39 is 11.9 Å². The average Bonchev–Trinajstić information content (AvgIpc) is 2.45. The average molecular weight is 295 g/mol. The minimum Gasteiger partial charge on any atom is -0.480 e. The van der Waals surface area contributed by atoms with Gasteiger partial charge < -0.3 is 10.0 Å². The Morgan fingerprint density at radius 3 is 2.57 bits per heavy atom. The molecule has 0 atom stereocenters. The number of hydrogen-bond donors (Lipinski definition) is 1. The van der Waals surface area contributed by atoms with Gasteiger partial charge in [-0.25, -0.2) is 4.68 Å². The van der Waals surface area contributed by atoms with E-state index in [1.165, 1.54) is 21.7 Å². The first kappa shape index (κ1) is 16.9. The van der Waals surface area contributed by atoms with Crippen molar-refractivity contribution in [2.24, 2.45) is 0 Å². The number of carbonyl (C=O) groups is 2. The van der Waals surface area contributed by atoms with Gasteiger partial charge in [-0.3, -0.25) is 14.4 Å². The third-order valence-corrected chi connectivity index (χ3v) is 2.92. The minimum absolute atomic E-state index is 0.0976. The maximum Gasteiger partial charge on any atom is 0.323 e. The van der Waals surface area contributed by atoms with Crippen molar-refractivity contribution in [1.29, 1.82) is 0 Å². The second kappa shape index (κ2) is 8.18. The Labute approximate surface area is 123 Å². The first-order valence-corrected chi connectivity index (χ1v) is 7.08. The van der Waals surface area contributed by atoms with Crippen molar-refractivity contribution < 1.29 is 14.7 Å². The van der Waals surface area contributed by atoms with E-state index in [2.05, 4.69) is 5.10 Å². The van der Waals surface area contributed by atoms with Crippen LogP contribution in [0.2, 0.25) is 0 Å². The van der Waals surface area contributed by atoms with Crippen LogP contribution in [0.25, 0.3) is 0 Å². The molecule has 1 aromatic heterocycles. The lowest BCUT2D eigenvalue weighted by Gasteiger charge is -2.19. The third-order valence-electron chi connectivity index (χ3n) is 2.92. The molecular formula is C14H21N3O4. The van der Waals surface area contributed by atoms with E-state index in [1.807, 2.05) is 13.8 Å². The van der Waals surface area contributed by atoms with Gasteiger partial charge in [-0.15, -0.1) is 0 Å². The molecule has 0 radical (unpaired) electrons. The summed E-state index contributed by atoms with van der Waals surface area (Å²) in [6.07, 6.45) is 2.35. The maximum absolute atomic E-state index is 12.3. The Kier molecular flexibility index (Phi) is 6.58. The zero-order valence-electron chi connectivity index (χ0n) is 12.4. The van der Waals surface area contributed by atoms with Crippen molar-refractivity contribution in [3.05, 3.63) is 28.2 Å². The zero-order chi connectivity index (χ0) is 15.8. The van der Waals surface area contributed by atoms with Crippen LogP contribution >= 0.6 is 0 Å². The molecule has 0 aromatic carbocycles. The Hall–Kier alpha value is -2.18. The quantitative estimate of drug-likeness (QED) is 0.771. The number of carboxylic acid groups (broad SMARTS) is 1. The van der Waals surface area contributed by atoms with Gasteiger partial charge in [0.15, 0.2) is 0 Å². The van der Waals surface area contributed by atoms with Gasteiger partial charge in [0.1, 0.15) is 12.2 Å². The molecule has 1 aromatic rings. The topological polar surface area (TPSA) is 92.5 Å². The largest absolute Gasteiger partial charge is 0.480 e. The van der Waals surface area contributed by atoms with E-state index in [0.29, 0.717) is 19.5 Å². The van der Waals surface area contributed by atoms with E-state index >= 15 is 0 Å². The number of amides is 1. The standard InChI is InChI=1S/C14H21N3O4/c1-3-5-9-17-12(18)7-6-11(15-17)14(21)16(8-4-2)10-13(19)20/h6-7H,3-5,8-10H2,1-2H3,(H,19,20). The highest BCUT2D eigenvalue weighted by Crippen LogP contribution is 2.02. The number of carbonyl (C=O) groups excluding carboxylic acids is 1. The Balaban J connectivity index is 2.98. The fraction of sp³-hybridized carbons (Fsp3) is 0.571. The molecule has 0 unspecified atom stereocenters. The number of nitrogens with zero attached hydrogens (tertiary/aromatic N) is 3. The minimum atomic E-state index is -1.07. The van der Waals surface area contributed by atoms with Crippen molar-refractivity contribution in [2.45, 2.75) is 39.7 Å². The number of aryl methyl sites for hydroxylation is 1. The molecule has 0 aliphatic carbocycles. The molecule has 0 spiro atoms. The van der Waals surface area contributed by atoms with Crippen molar-refractivity contribution in [1.82, 2.24) is 14.7 Å². The molecule has 7 nitrogen and oxygen atoms in total. The molecule has 21 heavy (non-hydrogen) atoms. The molecule has 7 heteroatoms. The smallest absolute Gasteiger partial charge is 0.323 e. The highest BCUT2D eigenvalue weighted by atomic mass is 16.4. The molecule has 1 N–H and O–H groups in total. The molecular weight excluding hydrogens is 274 g/mol. The van der Waals surface area contributed by atoms with E-state index in [0.717, 1.165) is 12.8 Å². The molecule has 1 heterocycles. The monoisotopic (exact) mass is 295 g/mol. The lowest BCUT2D eigenvalue weighted by molar-refractivity contribution is -0.137. The molecule has 0 saturated carbocycles. The molecule has 0 bridgehead atoms. The normalized spacial score (nSPS) is 10.4. The molecule has 116 valence electrons. The van der Waals surface area contributed by atoms with Crippen LogP contribution in [0.15, 0.2) is 16.9 Å². The summed E-state index contributed by atoms with van der Waals surface area (Å²) in [6, 6.07) is 2.64. The number of unbranched alkanes of at least 4 members (excludes halogenated alkanes) is 1. The predicted octanol–water partition coefficient (Wildman–Crippen LogP) is 0.980. The van der Waals surface area contributed by atoms with Crippen LogP contribution in [0.3, 0.4) is 0 Å². The summed E-state index contributed by atoms with van der Waals surface area (Å²) >= 11 is 0. The SMILES string of the molecule is CCCCn1nc(C(=O)N(CCC)CC(=O)O)ccc1=O. The van der Waals surface area contributed by atoms with Gasteiger partial charge in [0.2, 0.25) is 0 Å².